The maximum atomic E-state index is 12.0. The number of anilines is 1. The standard InChI is InChI=1S/C12H17N3O2/c1-15(8-10-3-2-6-17-10)12(16)9-4-5-11(13)14-7-9/h4-5,7,10H,2-3,6,8H2,1H3,(H2,13,14). The molecule has 5 nitrogen and oxygen atoms in total. The summed E-state index contributed by atoms with van der Waals surface area (Å²) in [5, 5.41) is 0. The molecule has 1 atom stereocenters. The molecule has 1 aliphatic heterocycles. The van der Waals surface area contributed by atoms with Gasteiger partial charge in [-0.3, -0.25) is 4.79 Å². The highest BCUT2D eigenvalue weighted by Crippen LogP contribution is 2.14. The van der Waals surface area contributed by atoms with Crippen LogP contribution in [0.15, 0.2) is 18.3 Å². The van der Waals surface area contributed by atoms with E-state index in [9.17, 15) is 4.79 Å². The van der Waals surface area contributed by atoms with Gasteiger partial charge < -0.3 is 15.4 Å². The molecule has 2 N–H and O–H groups in total. The number of likely N-dealkylation sites (N-methyl/N-ethyl adjacent to an activating group) is 1. The first kappa shape index (κ1) is 11.9. The van der Waals surface area contributed by atoms with E-state index in [1.165, 1.54) is 6.20 Å². The van der Waals surface area contributed by atoms with Crippen LogP contribution >= 0.6 is 0 Å². The summed E-state index contributed by atoms with van der Waals surface area (Å²) in [5.74, 6) is 0.372. The Morgan fingerprint density at radius 2 is 2.47 bits per heavy atom. The number of rotatable bonds is 3. The fourth-order valence-electron chi connectivity index (χ4n) is 1.93. The lowest BCUT2D eigenvalue weighted by Gasteiger charge is -2.20. The molecule has 0 aliphatic carbocycles. The molecule has 1 fully saturated rings. The average Bonchev–Trinajstić information content (AvgIpc) is 2.82. The SMILES string of the molecule is CN(CC1CCCO1)C(=O)c1ccc(N)nc1. The Hall–Kier alpha value is -1.62. The first-order valence-corrected chi connectivity index (χ1v) is 5.75. The summed E-state index contributed by atoms with van der Waals surface area (Å²) in [5.41, 5.74) is 6.03. The molecular formula is C12H17N3O2. The van der Waals surface area contributed by atoms with Gasteiger partial charge in [0.2, 0.25) is 0 Å². The van der Waals surface area contributed by atoms with Crippen molar-refractivity contribution in [2.75, 3.05) is 25.9 Å². The number of nitrogens with two attached hydrogens (primary N) is 1. The molecule has 1 unspecified atom stereocenters. The number of nitrogen functional groups attached to an aromatic ring is 1. The van der Waals surface area contributed by atoms with Crippen molar-refractivity contribution in [3.8, 4) is 0 Å². The predicted molar refractivity (Wildman–Crippen MR) is 64.6 cm³/mol. The van der Waals surface area contributed by atoms with Crippen molar-refractivity contribution in [1.82, 2.24) is 9.88 Å². The van der Waals surface area contributed by atoms with Gasteiger partial charge >= 0.3 is 0 Å². The van der Waals surface area contributed by atoms with Gasteiger partial charge in [-0.15, -0.1) is 0 Å². The maximum Gasteiger partial charge on any atom is 0.255 e. The van der Waals surface area contributed by atoms with Crippen LogP contribution in [0.25, 0.3) is 0 Å². The highest BCUT2D eigenvalue weighted by atomic mass is 16.5. The normalized spacial score (nSPS) is 19.2. The molecule has 2 rings (SSSR count). The number of hydrogen-bond donors (Lipinski definition) is 1. The van der Waals surface area contributed by atoms with E-state index in [2.05, 4.69) is 4.98 Å². The largest absolute Gasteiger partial charge is 0.384 e. The molecule has 0 radical (unpaired) electrons. The second kappa shape index (κ2) is 5.14. The summed E-state index contributed by atoms with van der Waals surface area (Å²) < 4.78 is 5.50. The van der Waals surface area contributed by atoms with Crippen molar-refractivity contribution in [2.24, 2.45) is 0 Å². The van der Waals surface area contributed by atoms with E-state index >= 15 is 0 Å². The van der Waals surface area contributed by atoms with Crippen LogP contribution in [-0.2, 0) is 4.74 Å². The van der Waals surface area contributed by atoms with Crippen molar-refractivity contribution in [2.45, 2.75) is 18.9 Å². The van der Waals surface area contributed by atoms with Crippen LogP contribution in [0.4, 0.5) is 5.82 Å². The minimum absolute atomic E-state index is 0.0481. The minimum Gasteiger partial charge on any atom is -0.384 e. The van der Waals surface area contributed by atoms with Gasteiger partial charge in [0.15, 0.2) is 0 Å². The Balaban J connectivity index is 1.96. The zero-order valence-electron chi connectivity index (χ0n) is 9.93. The van der Waals surface area contributed by atoms with Crippen LogP contribution in [-0.4, -0.2) is 42.1 Å². The molecule has 17 heavy (non-hydrogen) atoms. The number of aromatic nitrogens is 1. The van der Waals surface area contributed by atoms with E-state index in [-0.39, 0.29) is 12.0 Å². The zero-order valence-corrected chi connectivity index (χ0v) is 9.93. The summed E-state index contributed by atoms with van der Waals surface area (Å²) >= 11 is 0. The maximum absolute atomic E-state index is 12.0. The highest BCUT2D eigenvalue weighted by Gasteiger charge is 2.20. The molecule has 1 aromatic heterocycles. The summed E-state index contributed by atoms with van der Waals surface area (Å²) in [4.78, 5) is 17.6. The van der Waals surface area contributed by atoms with E-state index in [1.807, 2.05) is 0 Å². The number of hydrogen-bond acceptors (Lipinski definition) is 4. The van der Waals surface area contributed by atoms with Crippen LogP contribution in [0, 0.1) is 0 Å². The van der Waals surface area contributed by atoms with Crippen molar-refractivity contribution in [3.05, 3.63) is 23.9 Å². The summed E-state index contributed by atoms with van der Waals surface area (Å²) in [6.45, 7) is 1.43. The summed E-state index contributed by atoms with van der Waals surface area (Å²) in [6, 6.07) is 3.32. The van der Waals surface area contributed by atoms with Gasteiger partial charge in [0, 0.05) is 26.4 Å². The first-order valence-electron chi connectivity index (χ1n) is 5.75. The number of pyridine rings is 1. The van der Waals surface area contributed by atoms with Gasteiger partial charge in [-0.1, -0.05) is 0 Å². The summed E-state index contributed by atoms with van der Waals surface area (Å²) in [6.07, 6.45) is 3.78. The lowest BCUT2D eigenvalue weighted by Crippen LogP contribution is -2.34. The Labute approximate surface area is 101 Å². The Morgan fingerprint density at radius 3 is 3.06 bits per heavy atom. The number of carbonyl (C=O) groups is 1. The Kier molecular flexibility index (Phi) is 3.58. The molecule has 0 aromatic carbocycles. The third-order valence-electron chi connectivity index (χ3n) is 2.88. The van der Waals surface area contributed by atoms with Gasteiger partial charge in [-0.25, -0.2) is 4.98 Å². The first-order chi connectivity index (χ1) is 8.16. The van der Waals surface area contributed by atoms with E-state index in [1.54, 1.807) is 24.1 Å². The fourth-order valence-corrected chi connectivity index (χ4v) is 1.93. The summed E-state index contributed by atoms with van der Waals surface area (Å²) in [7, 11) is 1.78. The minimum atomic E-state index is -0.0481. The van der Waals surface area contributed by atoms with Crippen LogP contribution in [0.3, 0.4) is 0 Å². The molecule has 0 bridgehead atoms. The third-order valence-corrected chi connectivity index (χ3v) is 2.88. The van der Waals surface area contributed by atoms with Gasteiger partial charge in [-0.05, 0) is 25.0 Å². The lowest BCUT2D eigenvalue weighted by molar-refractivity contribution is 0.0587. The van der Waals surface area contributed by atoms with E-state index in [0.717, 1.165) is 19.4 Å². The number of nitrogens with zero attached hydrogens (tertiary/aromatic N) is 2. The molecule has 1 amide bonds. The van der Waals surface area contributed by atoms with Crippen molar-refractivity contribution >= 4 is 11.7 Å². The highest BCUT2D eigenvalue weighted by molar-refractivity contribution is 5.93. The third kappa shape index (κ3) is 2.94. The van der Waals surface area contributed by atoms with Crippen LogP contribution in [0.5, 0.6) is 0 Å². The van der Waals surface area contributed by atoms with Crippen molar-refractivity contribution in [1.29, 1.82) is 0 Å². The average molecular weight is 235 g/mol. The fraction of sp³-hybridized carbons (Fsp3) is 0.500. The van der Waals surface area contributed by atoms with Crippen molar-refractivity contribution in [3.63, 3.8) is 0 Å². The molecule has 5 heteroatoms. The molecule has 92 valence electrons. The van der Waals surface area contributed by atoms with E-state index < -0.39 is 0 Å². The second-order valence-corrected chi connectivity index (χ2v) is 4.29. The van der Waals surface area contributed by atoms with Crippen LogP contribution in [0.2, 0.25) is 0 Å². The van der Waals surface area contributed by atoms with Crippen molar-refractivity contribution < 1.29 is 9.53 Å². The second-order valence-electron chi connectivity index (χ2n) is 4.29. The smallest absolute Gasteiger partial charge is 0.255 e. The Morgan fingerprint density at radius 1 is 1.65 bits per heavy atom. The molecular weight excluding hydrogens is 218 g/mol. The zero-order chi connectivity index (χ0) is 12.3. The van der Waals surface area contributed by atoms with Crippen LogP contribution in [0.1, 0.15) is 23.2 Å². The van der Waals surface area contributed by atoms with Gasteiger partial charge in [-0.2, -0.15) is 0 Å². The number of ether oxygens (including phenoxy) is 1. The predicted octanol–water partition coefficient (Wildman–Crippen LogP) is 0.915. The molecule has 1 saturated heterocycles. The quantitative estimate of drug-likeness (QED) is 0.845. The van der Waals surface area contributed by atoms with E-state index in [0.29, 0.717) is 17.9 Å². The molecule has 1 aromatic rings. The monoisotopic (exact) mass is 235 g/mol. The molecule has 1 aliphatic rings. The van der Waals surface area contributed by atoms with Gasteiger partial charge in [0.1, 0.15) is 5.82 Å². The topological polar surface area (TPSA) is 68.5 Å². The Bertz CT molecular complexity index is 385. The number of carbonyl (C=O) groups excluding carboxylic acids is 1. The van der Waals surface area contributed by atoms with Gasteiger partial charge in [0.25, 0.3) is 5.91 Å². The van der Waals surface area contributed by atoms with Gasteiger partial charge in [0.05, 0.1) is 11.7 Å². The molecule has 2 heterocycles. The number of amides is 1. The molecule has 0 spiro atoms. The van der Waals surface area contributed by atoms with E-state index in [4.69, 9.17) is 10.5 Å². The van der Waals surface area contributed by atoms with Crippen LogP contribution < -0.4 is 5.73 Å². The molecule has 0 saturated carbocycles. The lowest BCUT2D eigenvalue weighted by atomic mass is 10.2.